The summed E-state index contributed by atoms with van der Waals surface area (Å²) in [6.45, 7) is 5.84. The van der Waals surface area contributed by atoms with Gasteiger partial charge in [-0.05, 0) is 43.7 Å². The lowest BCUT2D eigenvalue weighted by molar-refractivity contribution is -0.135. The second kappa shape index (κ2) is 9.38. The number of hydrogen-bond donors (Lipinski definition) is 0. The SMILES string of the molecule is CCOCC(C(=O)N1Cc2cn(Sc3ccc4c(c3)N4OSC)nc2C1)c1ccc(C)nc1. The summed E-state index contributed by atoms with van der Waals surface area (Å²) in [6.07, 6.45) is 5.69. The predicted molar refractivity (Wildman–Crippen MR) is 129 cm³/mol. The molecular formula is C23H25N5O3S2. The number of amides is 1. The normalized spacial score (nSPS) is 14.9. The number of aromatic nitrogens is 3. The van der Waals surface area contributed by atoms with Crippen molar-refractivity contribution in [2.24, 2.45) is 0 Å². The summed E-state index contributed by atoms with van der Waals surface area (Å²) >= 11 is 2.87. The van der Waals surface area contributed by atoms with Gasteiger partial charge in [-0.3, -0.25) is 9.78 Å². The van der Waals surface area contributed by atoms with Crippen LogP contribution < -0.4 is 5.06 Å². The van der Waals surface area contributed by atoms with Gasteiger partial charge in [0.05, 0.1) is 36.1 Å². The zero-order valence-corrected chi connectivity index (χ0v) is 20.4. The van der Waals surface area contributed by atoms with Crippen LogP contribution in [0.3, 0.4) is 0 Å². The third-order valence-electron chi connectivity index (χ3n) is 5.68. The third-order valence-corrected chi connectivity index (χ3v) is 6.81. The van der Waals surface area contributed by atoms with E-state index in [9.17, 15) is 4.79 Å². The molecule has 2 aliphatic rings. The van der Waals surface area contributed by atoms with Crippen molar-refractivity contribution in [2.45, 2.75) is 37.8 Å². The Hall–Kier alpha value is -2.53. The number of carbonyl (C=O) groups excluding carboxylic acids is 1. The molecule has 4 heterocycles. The lowest BCUT2D eigenvalue weighted by Crippen LogP contribution is -2.33. The Labute approximate surface area is 201 Å². The first-order valence-corrected chi connectivity index (χ1v) is 12.7. The van der Waals surface area contributed by atoms with Crippen LogP contribution >= 0.6 is 24.0 Å². The summed E-state index contributed by atoms with van der Waals surface area (Å²) in [6, 6.07) is 10.1. The number of rotatable bonds is 9. The topological polar surface area (TPSA) is 72.5 Å². The molecule has 1 atom stereocenters. The van der Waals surface area contributed by atoms with Crippen LogP contribution in [-0.2, 0) is 26.9 Å². The molecule has 172 valence electrons. The summed E-state index contributed by atoms with van der Waals surface area (Å²) < 4.78 is 13.0. The number of hydrogen-bond acceptors (Lipinski definition) is 8. The van der Waals surface area contributed by atoms with E-state index in [1.54, 1.807) is 18.1 Å². The maximum Gasteiger partial charge on any atom is 0.233 e. The number of benzene rings is 1. The number of fused-ring (bicyclic) bond motifs is 2. The number of anilines is 2. The van der Waals surface area contributed by atoms with E-state index in [-0.39, 0.29) is 11.8 Å². The van der Waals surface area contributed by atoms with E-state index < -0.39 is 0 Å². The van der Waals surface area contributed by atoms with Crippen molar-refractivity contribution in [3.8, 4) is 0 Å². The van der Waals surface area contributed by atoms with E-state index in [4.69, 9.17) is 14.1 Å². The summed E-state index contributed by atoms with van der Waals surface area (Å²) in [5.74, 6) is -0.320. The summed E-state index contributed by atoms with van der Waals surface area (Å²) in [4.78, 5) is 20.7. The zero-order chi connectivity index (χ0) is 22.9. The molecule has 2 aliphatic heterocycles. The fourth-order valence-corrected chi connectivity index (χ4v) is 5.04. The number of pyridine rings is 1. The average Bonchev–Trinajstić information content (AvgIpc) is 3.12. The number of nitrogens with zero attached hydrogens (tertiary/aromatic N) is 5. The van der Waals surface area contributed by atoms with Crippen LogP contribution in [0.4, 0.5) is 11.4 Å². The molecule has 10 heteroatoms. The van der Waals surface area contributed by atoms with Crippen molar-refractivity contribution in [3.05, 3.63) is 65.2 Å². The van der Waals surface area contributed by atoms with E-state index in [0.717, 1.165) is 38.8 Å². The van der Waals surface area contributed by atoms with E-state index in [2.05, 4.69) is 17.1 Å². The van der Waals surface area contributed by atoms with Crippen LogP contribution in [0.15, 0.2) is 47.6 Å². The van der Waals surface area contributed by atoms with Gasteiger partial charge in [0.1, 0.15) is 0 Å². The molecule has 0 spiro atoms. The second-order valence-corrected chi connectivity index (χ2v) is 9.43. The molecule has 0 saturated carbocycles. The Morgan fingerprint density at radius 1 is 1.21 bits per heavy atom. The Kier molecular flexibility index (Phi) is 6.33. The first-order chi connectivity index (χ1) is 16.1. The highest BCUT2D eigenvalue weighted by Gasteiger charge is 2.33. The first kappa shape index (κ1) is 22.3. The molecule has 8 nitrogen and oxygen atoms in total. The maximum absolute atomic E-state index is 13.4. The molecule has 0 N–H and O–H groups in total. The van der Waals surface area contributed by atoms with Crippen molar-refractivity contribution < 1.29 is 13.8 Å². The largest absolute Gasteiger partial charge is 0.381 e. The predicted octanol–water partition coefficient (Wildman–Crippen LogP) is 4.47. The van der Waals surface area contributed by atoms with Crippen LogP contribution in [0.5, 0.6) is 0 Å². The Morgan fingerprint density at radius 2 is 2.09 bits per heavy atom. The van der Waals surface area contributed by atoms with Crippen LogP contribution in [0.25, 0.3) is 0 Å². The smallest absolute Gasteiger partial charge is 0.233 e. The Balaban J connectivity index is 1.25. The Morgan fingerprint density at radius 3 is 2.82 bits per heavy atom. The van der Waals surface area contributed by atoms with E-state index in [1.807, 2.05) is 58.5 Å². The van der Waals surface area contributed by atoms with Crippen molar-refractivity contribution in [3.63, 3.8) is 0 Å². The molecule has 33 heavy (non-hydrogen) atoms. The van der Waals surface area contributed by atoms with Crippen molar-refractivity contribution in [1.82, 2.24) is 19.1 Å². The van der Waals surface area contributed by atoms with Crippen LogP contribution in [0.2, 0.25) is 0 Å². The minimum atomic E-state index is -0.367. The highest BCUT2D eigenvalue weighted by Crippen LogP contribution is 2.50. The molecule has 3 aromatic rings. The number of carbonyl (C=O) groups is 1. The van der Waals surface area contributed by atoms with Gasteiger partial charge in [0.2, 0.25) is 5.91 Å². The van der Waals surface area contributed by atoms with Gasteiger partial charge in [0.25, 0.3) is 0 Å². The molecule has 5 rings (SSSR count). The average molecular weight is 484 g/mol. The molecule has 0 radical (unpaired) electrons. The van der Waals surface area contributed by atoms with Gasteiger partial charge in [0, 0.05) is 71.9 Å². The molecule has 2 aromatic heterocycles. The van der Waals surface area contributed by atoms with Crippen LogP contribution in [0, 0.1) is 6.92 Å². The lowest BCUT2D eigenvalue weighted by Gasteiger charge is -2.23. The molecule has 0 saturated heterocycles. The molecule has 0 aliphatic carbocycles. The number of aryl methyl sites for hydroxylation is 1. The second-order valence-electron chi connectivity index (χ2n) is 7.92. The molecule has 1 aromatic carbocycles. The molecular weight excluding hydrogens is 458 g/mol. The third kappa shape index (κ3) is 4.61. The van der Waals surface area contributed by atoms with Gasteiger partial charge >= 0.3 is 0 Å². The minimum Gasteiger partial charge on any atom is -0.381 e. The van der Waals surface area contributed by atoms with E-state index in [0.29, 0.717) is 26.3 Å². The van der Waals surface area contributed by atoms with E-state index >= 15 is 0 Å². The van der Waals surface area contributed by atoms with Crippen molar-refractivity contribution >= 4 is 41.3 Å². The molecule has 1 amide bonds. The summed E-state index contributed by atoms with van der Waals surface area (Å²) in [7, 11) is 0. The van der Waals surface area contributed by atoms with Gasteiger partial charge in [-0.2, -0.15) is 9.38 Å². The fourth-order valence-electron chi connectivity index (χ4n) is 3.91. The van der Waals surface area contributed by atoms with Gasteiger partial charge in [-0.15, -0.1) is 0 Å². The molecule has 0 fully saturated rings. The molecule has 1 unspecified atom stereocenters. The van der Waals surface area contributed by atoms with Gasteiger partial charge < -0.3 is 9.64 Å². The highest BCUT2D eigenvalue weighted by molar-refractivity contribution is 7.97. The van der Waals surface area contributed by atoms with Gasteiger partial charge in [-0.25, -0.2) is 9.15 Å². The van der Waals surface area contributed by atoms with Gasteiger partial charge in [-0.1, -0.05) is 6.07 Å². The standard InChI is InChI=1S/C23H25N5O3S2/c1-4-30-14-19(16-6-5-15(2)24-10-16)23(29)26-11-17-12-27(25-20(17)13-26)33-18-7-8-21-22(9-18)28(21)31-32-3/h5-10,12,19H,4,11,13-14H2,1-3H3. The van der Waals surface area contributed by atoms with Crippen LogP contribution in [-0.4, -0.2) is 44.4 Å². The highest BCUT2D eigenvalue weighted by atomic mass is 32.2. The van der Waals surface area contributed by atoms with Crippen molar-refractivity contribution in [1.29, 1.82) is 0 Å². The van der Waals surface area contributed by atoms with Crippen molar-refractivity contribution in [2.75, 3.05) is 24.5 Å². The fraction of sp³-hybridized carbons (Fsp3) is 0.348. The minimum absolute atomic E-state index is 0.0475. The van der Waals surface area contributed by atoms with E-state index in [1.165, 1.54) is 12.0 Å². The first-order valence-electron chi connectivity index (χ1n) is 10.8. The summed E-state index contributed by atoms with van der Waals surface area (Å²) in [5, 5.41) is 6.53. The van der Waals surface area contributed by atoms with Crippen LogP contribution in [0.1, 0.15) is 35.4 Å². The zero-order valence-electron chi connectivity index (χ0n) is 18.7. The summed E-state index contributed by atoms with van der Waals surface area (Å²) in [5.41, 5.74) is 6.00. The lowest BCUT2D eigenvalue weighted by atomic mass is 10.00. The Bertz CT molecular complexity index is 1140. The molecule has 0 bridgehead atoms. The monoisotopic (exact) mass is 483 g/mol. The number of ether oxygens (including phenoxy) is 1. The maximum atomic E-state index is 13.4. The quantitative estimate of drug-likeness (QED) is 0.326. The van der Waals surface area contributed by atoms with Gasteiger partial charge in [0.15, 0.2) is 0 Å².